The van der Waals surface area contributed by atoms with Crippen molar-refractivity contribution in [3.05, 3.63) is 0 Å². The first kappa shape index (κ1) is 17.1. The highest BCUT2D eigenvalue weighted by Crippen LogP contribution is 1.84. The highest BCUT2D eigenvalue weighted by atomic mass is 15.1. The van der Waals surface area contributed by atoms with Crippen LogP contribution in [-0.2, 0) is 0 Å². The summed E-state index contributed by atoms with van der Waals surface area (Å²) in [6, 6.07) is 0. The van der Waals surface area contributed by atoms with Gasteiger partial charge in [-0.2, -0.15) is 0 Å². The van der Waals surface area contributed by atoms with Crippen molar-refractivity contribution in [1.82, 2.24) is 22.1 Å². The molecule has 4 heteroatoms. The number of rotatable bonds is 4. The zero-order valence-electron chi connectivity index (χ0n) is 8.43. The molecular formula is C7H24N4. The Morgan fingerprint density at radius 3 is 1.18 bits per heavy atom. The van der Waals surface area contributed by atoms with E-state index in [0.29, 0.717) is 0 Å². The third-order valence-corrected chi connectivity index (χ3v) is 1.21. The highest BCUT2D eigenvalue weighted by Gasteiger charge is 1.90. The van der Waals surface area contributed by atoms with Crippen LogP contribution in [-0.4, -0.2) is 51.1 Å². The summed E-state index contributed by atoms with van der Waals surface area (Å²) < 4.78 is 0. The lowest BCUT2D eigenvalue weighted by molar-refractivity contribution is 0.340. The van der Waals surface area contributed by atoms with Gasteiger partial charge in [0.25, 0.3) is 0 Å². The minimum atomic E-state index is 0. The fourth-order valence-electron chi connectivity index (χ4n) is 0.703. The Morgan fingerprint density at radius 1 is 0.727 bits per heavy atom. The first-order valence-corrected chi connectivity index (χ1v) is 3.42. The van der Waals surface area contributed by atoms with E-state index in [1.165, 1.54) is 19.5 Å². The Bertz CT molecular complexity index is 55.5. The maximum atomic E-state index is 2.21. The summed E-state index contributed by atoms with van der Waals surface area (Å²) in [5.41, 5.74) is 0. The van der Waals surface area contributed by atoms with Crippen LogP contribution in [0.3, 0.4) is 0 Å². The van der Waals surface area contributed by atoms with Crippen LogP contribution in [0.25, 0.3) is 0 Å². The molecule has 0 amide bonds. The van der Waals surface area contributed by atoms with E-state index in [4.69, 9.17) is 0 Å². The number of nitrogens with zero attached hydrogens (tertiary/aromatic N) is 2. The Morgan fingerprint density at radius 2 is 1.00 bits per heavy atom. The lowest BCUT2D eigenvalue weighted by atomic mass is 10.4. The summed E-state index contributed by atoms with van der Waals surface area (Å²) in [6.45, 7) is 2.39. The zero-order valence-corrected chi connectivity index (χ0v) is 8.43. The van der Waals surface area contributed by atoms with Gasteiger partial charge >= 0.3 is 0 Å². The predicted molar refractivity (Wildman–Crippen MR) is 51.8 cm³/mol. The molecule has 0 saturated carbocycles. The lowest BCUT2D eigenvalue weighted by Crippen LogP contribution is -2.20. The molecule has 4 nitrogen and oxygen atoms in total. The molecule has 0 aliphatic heterocycles. The summed E-state index contributed by atoms with van der Waals surface area (Å²) in [6.07, 6.45) is 1.26. The van der Waals surface area contributed by atoms with Crippen molar-refractivity contribution in [3.63, 3.8) is 0 Å². The van der Waals surface area contributed by atoms with Gasteiger partial charge in [0.15, 0.2) is 0 Å². The van der Waals surface area contributed by atoms with Crippen LogP contribution in [0.5, 0.6) is 0 Å². The van der Waals surface area contributed by atoms with E-state index in [1.54, 1.807) is 0 Å². The van der Waals surface area contributed by atoms with Crippen LogP contribution in [0.1, 0.15) is 6.42 Å². The van der Waals surface area contributed by atoms with Crippen LogP contribution in [0.15, 0.2) is 0 Å². The normalized spacial score (nSPS) is 9.27. The lowest BCUT2D eigenvalue weighted by Gasteiger charge is -2.12. The van der Waals surface area contributed by atoms with Gasteiger partial charge in [-0.3, -0.25) is 0 Å². The van der Waals surface area contributed by atoms with Gasteiger partial charge in [0.2, 0.25) is 0 Å². The van der Waals surface area contributed by atoms with Crippen LogP contribution in [0.2, 0.25) is 0 Å². The van der Waals surface area contributed by atoms with Gasteiger partial charge in [0.1, 0.15) is 0 Å². The molecule has 11 heavy (non-hydrogen) atoms. The molecule has 0 saturated heterocycles. The van der Waals surface area contributed by atoms with E-state index in [9.17, 15) is 0 Å². The van der Waals surface area contributed by atoms with Crippen LogP contribution in [0.4, 0.5) is 0 Å². The Hall–Kier alpha value is -0.160. The minimum Gasteiger partial charge on any atom is -0.344 e. The summed E-state index contributed by atoms with van der Waals surface area (Å²) in [5.74, 6) is 0. The predicted octanol–water partition coefficient (Wildman–Crippen LogP) is 0.824. The monoisotopic (exact) mass is 164 g/mol. The quantitative estimate of drug-likeness (QED) is 0.645. The molecule has 72 valence electrons. The second-order valence-corrected chi connectivity index (χ2v) is 2.96. The molecule has 0 bridgehead atoms. The largest absolute Gasteiger partial charge is 0.344 e. The van der Waals surface area contributed by atoms with Crippen LogP contribution in [0, 0.1) is 0 Å². The summed E-state index contributed by atoms with van der Waals surface area (Å²) in [5, 5.41) is 0. The number of hydrogen-bond acceptors (Lipinski definition) is 4. The van der Waals surface area contributed by atoms with E-state index in [-0.39, 0.29) is 12.3 Å². The molecule has 6 N–H and O–H groups in total. The summed E-state index contributed by atoms with van der Waals surface area (Å²) in [4.78, 5) is 4.42. The first-order valence-electron chi connectivity index (χ1n) is 3.42. The Kier molecular flexibility index (Phi) is 15.3. The SMILES string of the molecule is CN(C)CCCN(C)C.N.N. The molecule has 0 aliphatic rings. The molecule has 0 aromatic rings. The molecule has 0 rings (SSSR count). The van der Waals surface area contributed by atoms with Gasteiger partial charge in [-0.05, 0) is 47.7 Å². The molecule has 0 aliphatic carbocycles. The van der Waals surface area contributed by atoms with E-state index in [1.807, 2.05) is 0 Å². The molecule has 0 spiro atoms. The van der Waals surface area contributed by atoms with Crippen LogP contribution < -0.4 is 12.3 Å². The topological polar surface area (TPSA) is 76.5 Å². The van der Waals surface area contributed by atoms with Crippen molar-refractivity contribution in [1.29, 1.82) is 0 Å². The molecular weight excluding hydrogens is 140 g/mol. The minimum absolute atomic E-state index is 0. The zero-order chi connectivity index (χ0) is 7.28. The fraction of sp³-hybridized carbons (Fsp3) is 1.00. The van der Waals surface area contributed by atoms with E-state index in [2.05, 4.69) is 38.0 Å². The van der Waals surface area contributed by atoms with Gasteiger partial charge in [0.05, 0.1) is 0 Å². The van der Waals surface area contributed by atoms with E-state index in [0.717, 1.165) is 0 Å². The maximum absolute atomic E-state index is 2.21. The number of hydrogen-bond donors (Lipinski definition) is 2. The van der Waals surface area contributed by atoms with Crippen molar-refractivity contribution in [3.8, 4) is 0 Å². The molecule has 0 aromatic heterocycles. The van der Waals surface area contributed by atoms with Gasteiger partial charge in [0, 0.05) is 0 Å². The standard InChI is InChI=1S/C7H18N2.2H3N/c1-8(2)6-5-7-9(3)4;;/h5-7H2,1-4H3;2*1H3. The Balaban J connectivity index is -0.000000320. The fourth-order valence-corrected chi connectivity index (χ4v) is 0.703. The smallest absolute Gasteiger partial charge is 0.00126 e. The Labute approximate surface area is 70.7 Å². The summed E-state index contributed by atoms with van der Waals surface area (Å²) >= 11 is 0. The molecule has 0 heterocycles. The third kappa shape index (κ3) is 17.7. The average molecular weight is 164 g/mol. The maximum Gasteiger partial charge on any atom is -0.00126 e. The van der Waals surface area contributed by atoms with Crippen molar-refractivity contribution in [2.24, 2.45) is 0 Å². The molecule has 0 fully saturated rings. The van der Waals surface area contributed by atoms with Gasteiger partial charge in [-0.25, -0.2) is 0 Å². The van der Waals surface area contributed by atoms with Gasteiger partial charge in [-0.15, -0.1) is 0 Å². The van der Waals surface area contributed by atoms with E-state index < -0.39 is 0 Å². The molecule has 0 unspecified atom stereocenters. The van der Waals surface area contributed by atoms with E-state index >= 15 is 0 Å². The van der Waals surface area contributed by atoms with Crippen LogP contribution >= 0.6 is 0 Å². The highest BCUT2D eigenvalue weighted by molar-refractivity contribution is 4.47. The average Bonchev–Trinajstić information content (AvgIpc) is 1.63. The van der Waals surface area contributed by atoms with Crippen molar-refractivity contribution in [2.45, 2.75) is 6.42 Å². The molecule has 0 radical (unpaired) electrons. The van der Waals surface area contributed by atoms with Gasteiger partial charge in [-0.1, -0.05) is 0 Å². The second-order valence-electron chi connectivity index (χ2n) is 2.96. The second kappa shape index (κ2) is 9.84. The molecule has 0 aromatic carbocycles. The third-order valence-electron chi connectivity index (χ3n) is 1.21. The van der Waals surface area contributed by atoms with Gasteiger partial charge < -0.3 is 22.1 Å². The summed E-state index contributed by atoms with van der Waals surface area (Å²) in [7, 11) is 8.43. The van der Waals surface area contributed by atoms with Crippen molar-refractivity contribution < 1.29 is 0 Å². The first-order chi connectivity index (χ1) is 4.13. The molecule has 0 atom stereocenters. The van der Waals surface area contributed by atoms with Crippen molar-refractivity contribution in [2.75, 3.05) is 41.3 Å². The van der Waals surface area contributed by atoms with Crippen molar-refractivity contribution >= 4 is 0 Å².